The summed E-state index contributed by atoms with van der Waals surface area (Å²) in [6, 6.07) is -0.211. The minimum absolute atomic E-state index is 0.0173. The third-order valence-electron chi connectivity index (χ3n) is 3.50. The van der Waals surface area contributed by atoms with Crippen LogP contribution in [0.5, 0.6) is 0 Å². The van der Waals surface area contributed by atoms with Gasteiger partial charge in [-0.25, -0.2) is 0 Å². The summed E-state index contributed by atoms with van der Waals surface area (Å²) in [5.41, 5.74) is 5.29. The van der Waals surface area contributed by atoms with Gasteiger partial charge in [-0.2, -0.15) is 0 Å². The van der Waals surface area contributed by atoms with Gasteiger partial charge in [0.2, 0.25) is 11.8 Å². The highest BCUT2D eigenvalue weighted by Crippen LogP contribution is 2.24. The van der Waals surface area contributed by atoms with Crippen LogP contribution in [0.15, 0.2) is 0 Å². The maximum Gasteiger partial charge on any atom is 0.245 e. The molecule has 0 aromatic carbocycles. The minimum Gasteiger partial charge on any atom is -0.343 e. The summed E-state index contributed by atoms with van der Waals surface area (Å²) in [6.45, 7) is 8.77. The summed E-state index contributed by atoms with van der Waals surface area (Å²) in [6.07, 6.45) is 1.03. The lowest BCUT2D eigenvalue weighted by atomic mass is 10.0. The van der Waals surface area contributed by atoms with Crippen molar-refractivity contribution in [3.8, 4) is 0 Å². The summed E-state index contributed by atoms with van der Waals surface area (Å²) in [7, 11) is 0. The Balaban J connectivity index is 2.74. The van der Waals surface area contributed by atoms with E-state index in [-0.39, 0.29) is 30.3 Å². The zero-order valence-electron chi connectivity index (χ0n) is 11.8. The van der Waals surface area contributed by atoms with E-state index in [1.807, 2.05) is 18.7 Å². The molecule has 5 heteroatoms. The smallest absolute Gasteiger partial charge is 0.245 e. The number of nitrogens with zero attached hydrogens (tertiary/aromatic N) is 1. The fraction of sp³-hybridized carbons (Fsp3) is 0.846. The normalized spacial score (nSPS) is 25.3. The average Bonchev–Trinajstić information content (AvgIpc) is 2.63. The molecule has 104 valence electrons. The molecule has 5 nitrogen and oxygen atoms in total. The number of nitrogens with one attached hydrogen (secondary N) is 1. The number of nitrogens with two attached hydrogens (primary N) is 1. The molecule has 1 saturated heterocycles. The monoisotopic (exact) mass is 255 g/mol. The quantitative estimate of drug-likeness (QED) is 0.761. The molecular weight excluding hydrogens is 230 g/mol. The first kappa shape index (κ1) is 15.0. The molecule has 0 saturated carbocycles. The zero-order valence-corrected chi connectivity index (χ0v) is 11.8. The van der Waals surface area contributed by atoms with Crippen molar-refractivity contribution in [3.63, 3.8) is 0 Å². The molecule has 1 fully saturated rings. The molecule has 3 unspecified atom stereocenters. The molecule has 0 radical (unpaired) electrons. The molecule has 18 heavy (non-hydrogen) atoms. The number of carbonyl (C=O) groups is 2. The van der Waals surface area contributed by atoms with Gasteiger partial charge in [-0.3, -0.25) is 9.59 Å². The highest BCUT2D eigenvalue weighted by Gasteiger charge is 2.35. The number of likely N-dealkylation sites (tertiary alicyclic amines) is 1. The van der Waals surface area contributed by atoms with Crippen LogP contribution in [0.1, 0.15) is 34.1 Å². The predicted octanol–water partition coefficient (Wildman–Crippen LogP) is 0.343. The van der Waals surface area contributed by atoms with Crippen LogP contribution in [0.4, 0.5) is 0 Å². The molecule has 0 bridgehead atoms. The van der Waals surface area contributed by atoms with Crippen molar-refractivity contribution in [1.82, 2.24) is 10.2 Å². The third kappa shape index (κ3) is 3.45. The van der Waals surface area contributed by atoms with Gasteiger partial charge < -0.3 is 16.0 Å². The maximum absolute atomic E-state index is 12.5. The van der Waals surface area contributed by atoms with E-state index in [0.29, 0.717) is 5.92 Å². The van der Waals surface area contributed by atoms with Crippen LogP contribution in [0.25, 0.3) is 0 Å². The van der Waals surface area contributed by atoms with Crippen LogP contribution < -0.4 is 11.1 Å². The number of carbonyl (C=O) groups excluding carboxylic acids is 2. The van der Waals surface area contributed by atoms with Crippen LogP contribution >= 0.6 is 0 Å². The fourth-order valence-corrected chi connectivity index (χ4v) is 2.53. The zero-order chi connectivity index (χ0) is 13.9. The van der Waals surface area contributed by atoms with Crippen molar-refractivity contribution < 1.29 is 9.59 Å². The van der Waals surface area contributed by atoms with E-state index in [1.165, 1.54) is 0 Å². The third-order valence-corrected chi connectivity index (χ3v) is 3.50. The SMILES string of the molecule is CC1CC(C)N(C(=O)C(NC(=O)CN)C(C)C)C1. The molecule has 3 N–H and O–H groups in total. The first-order chi connectivity index (χ1) is 8.36. The van der Waals surface area contributed by atoms with E-state index in [4.69, 9.17) is 5.73 Å². The highest BCUT2D eigenvalue weighted by molar-refractivity contribution is 5.88. The van der Waals surface area contributed by atoms with Crippen LogP contribution in [0.3, 0.4) is 0 Å². The topological polar surface area (TPSA) is 75.4 Å². The van der Waals surface area contributed by atoms with E-state index in [1.54, 1.807) is 0 Å². The van der Waals surface area contributed by atoms with Gasteiger partial charge >= 0.3 is 0 Å². The molecule has 3 atom stereocenters. The largest absolute Gasteiger partial charge is 0.343 e. The van der Waals surface area contributed by atoms with Gasteiger partial charge in [0, 0.05) is 12.6 Å². The summed E-state index contributed by atoms with van der Waals surface area (Å²) < 4.78 is 0. The minimum atomic E-state index is -0.464. The summed E-state index contributed by atoms with van der Waals surface area (Å²) in [5.74, 6) is 0.337. The van der Waals surface area contributed by atoms with E-state index >= 15 is 0 Å². The van der Waals surface area contributed by atoms with Gasteiger partial charge in [-0.05, 0) is 25.2 Å². The lowest BCUT2D eigenvalue weighted by Gasteiger charge is -2.29. The second kappa shape index (κ2) is 6.18. The molecule has 0 aromatic rings. The number of hydrogen-bond acceptors (Lipinski definition) is 3. The van der Waals surface area contributed by atoms with Crippen molar-refractivity contribution in [2.45, 2.75) is 46.2 Å². The van der Waals surface area contributed by atoms with Crippen molar-refractivity contribution in [1.29, 1.82) is 0 Å². The van der Waals surface area contributed by atoms with Crippen molar-refractivity contribution in [2.75, 3.05) is 13.1 Å². The number of amides is 2. The first-order valence-electron chi connectivity index (χ1n) is 6.66. The van der Waals surface area contributed by atoms with Crippen molar-refractivity contribution >= 4 is 11.8 Å². The van der Waals surface area contributed by atoms with Gasteiger partial charge in [-0.15, -0.1) is 0 Å². The summed E-state index contributed by atoms with van der Waals surface area (Å²) in [5, 5.41) is 2.72. The summed E-state index contributed by atoms with van der Waals surface area (Å²) >= 11 is 0. The summed E-state index contributed by atoms with van der Waals surface area (Å²) in [4.78, 5) is 25.7. The van der Waals surface area contributed by atoms with Crippen molar-refractivity contribution in [3.05, 3.63) is 0 Å². The molecule has 1 rings (SSSR count). The molecule has 0 aromatic heterocycles. The fourth-order valence-electron chi connectivity index (χ4n) is 2.53. The molecule has 1 aliphatic heterocycles. The lowest BCUT2D eigenvalue weighted by Crippen LogP contribution is -2.53. The molecular formula is C13H25N3O2. The number of hydrogen-bond donors (Lipinski definition) is 2. The Kier molecular flexibility index (Phi) is 5.14. The lowest BCUT2D eigenvalue weighted by molar-refractivity contribution is -0.138. The van der Waals surface area contributed by atoms with E-state index in [9.17, 15) is 9.59 Å². The molecule has 0 spiro atoms. The first-order valence-corrected chi connectivity index (χ1v) is 6.66. The van der Waals surface area contributed by atoms with Gasteiger partial charge in [-0.1, -0.05) is 20.8 Å². The Morgan fingerprint density at radius 1 is 1.39 bits per heavy atom. The standard InChI is InChI=1S/C13H25N3O2/c1-8(2)12(15-11(17)6-14)13(18)16-7-9(3)5-10(16)4/h8-10,12H,5-7,14H2,1-4H3,(H,15,17). The van der Waals surface area contributed by atoms with E-state index in [2.05, 4.69) is 19.2 Å². The Bertz CT molecular complexity index is 317. The van der Waals surface area contributed by atoms with Gasteiger partial charge in [0.15, 0.2) is 0 Å². The Hall–Kier alpha value is -1.10. The van der Waals surface area contributed by atoms with Gasteiger partial charge in [0.05, 0.1) is 6.54 Å². The molecule has 0 aliphatic carbocycles. The van der Waals surface area contributed by atoms with Crippen LogP contribution in [0, 0.1) is 11.8 Å². The van der Waals surface area contributed by atoms with E-state index in [0.717, 1.165) is 13.0 Å². The molecule has 2 amide bonds. The van der Waals surface area contributed by atoms with Crippen LogP contribution in [-0.2, 0) is 9.59 Å². The Morgan fingerprint density at radius 2 is 2.00 bits per heavy atom. The Labute approximate surface area is 109 Å². The second-order valence-corrected chi connectivity index (χ2v) is 5.67. The van der Waals surface area contributed by atoms with Crippen molar-refractivity contribution in [2.24, 2.45) is 17.6 Å². The predicted molar refractivity (Wildman–Crippen MR) is 70.8 cm³/mol. The van der Waals surface area contributed by atoms with Crippen LogP contribution in [-0.4, -0.2) is 41.9 Å². The Morgan fingerprint density at radius 3 is 2.39 bits per heavy atom. The second-order valence-electron chi connectivity index (χ2n) is 5.67. The average molecular weight is 255 g/mol. The molecule has 1 heterocycles. The van der Waals surface area contributed by atoms with Gasteiger partial charge in [0.1, 0.15) is 6.04 Å². The van der Waals surface area contributed by atoms with E-state index < -0.39 is 6.04 Å². The van der Waals surface area contributed by atoms with Gasteiger partial charge in [0.25, 0.3) is 0 Å². The maximum atomic E-state index is 12.5. The number of rotatable bonds is 4. The molecule has 1 aliphatic rings. The highest BCUT2D eigenvalue weighted by atomic mass is 16.2. The van der Waals surface area contributed by atoms with Crippen LogP contribution in [0.2, 0.25) is 0 Å².